The number of H-pyrrole nitrogens is 1. The van der Waals surface area contributed by atoms with E-state index in [9.17, 15) is 8.78 Å². The second-order valence-electron chi connectivity index (χ2n) is 5.93. The van der Waals surface area contributed by atoms with E-state index >= 15 is 0 Å². The number of hydrogen-bond acceptors (Lipinski definition) is 4. The van der Waals surface area contributed by atoms with E-state index in [1.807, 2.05) is 12.3 Å². The molecular formula is C16H18F2N6. The van der Waals surface area contributed by atoms with Crippen LogP contribution in [-0.4, -0.2) is 38.9 Å². The number of alkyl halides is 2. The van der Waals surface area contributed by atoms with E-state index in [1.54, 1.807) is 12.3 Å². The van der Waals surface area contributed by atoms with Crippen LogP contribution >= 0.6 is 0 Å². The molecule has 8 heteroatoms. The second kappa shape index (κ2) is 6.20. The first-order valence-electron chi connectivity index (χ1n) is 7.99. The monoisotopic (exact) mass is 332 g/mol. The molecule has 1 saturated heterocycles. The minimum Gasteiger partial charge on any atom is -0.380 e. The van der Waals surface area contributed by atoms with Crippen molar-refractivity contribution >= 4 is 16.7 Å². The molecule has 1 aliphatic rings. The number of fused-ring (bicyclic) bond motifs is 1. The number of aromatic nitrogens is 4. The highest BCUT2D eigenvalue weighted by molar-refractivity contribution is 5.97. The van der Waals surface area contributed by atoms with E-state index < -0.39 is 6.55 Å². The Morgan fingerprint density at radius 2 is 2.25 bits per heavy atom. The first kappa shape index (κ1) is 15.1. The molecule has 0 radical (unpaired) electrons. The fraction of sp³-hybridized carbons (Fsp3) is 0.375. The Balaban J connectivity index is 1.77. The van der Waals surface area contributed by atoms with Gasteiger partial charge < -0.3 is 15.6 Å². The molecule has 1 atom stereocenters. The van der Waals surface area contributed by atoms with Gasteiger partial charge in [0.15, 0.2) is 0 Å². The van der Waals surface area contributed by atoms with Crippen LogP contribution in [0.2, 0.25) is 0 Å². The molecular weight excluding hydrogens is 314 g/mol. The molecule has 3 aromatic rings. The number of nitrogens with zero attached hydrogens (tertiary/aromatic N) is 3. The van der Waals surface area contributed by atoms with E-state index in [4.69, 9.17) is 0 Å². The molecule has 1 fully saturated rings. The molecule has 4 rings (SSSR count). The molecule has 126 valence electrons. The smallest absolute Gasteiger partial charge is 0.333 e. The van der Waals surface area contributed by atoms with E-state index in [0.29, 0.717) is 10.4 Å². The topological polar surface area (TPSA) is 70.6 Å². The fourth-order valence-electron chi connectivity index (χ4n) is 3.13. The number of pyridine rings is 1. The van der Waals surface area contributed by atoms with E-state index in [1.165, 1.54) is 6.20 Å². The summed E-state index contributed by atoms with van der Waals surface area (Å²) in [6.45, 7) is -0.750. The van der Waals surface area contributed by atoms with Crippen LogP contribution in [0.5, 0.6) is 0 Å². The van der Waals surface area contributed by atoms with Gasteiger partial charge in [0.25, 0.3) is 0 Å². The highest BCUT2D eigenvalue weighted by Gasteiger charge is 2.19. The van der Waals surface area contributed by atoms with Gasteiger partial charge in [-0.1, -0.05) is 0 Å². The van der Waals surface area contributed by atoms with Gasteiger partial charge >= 0.3 is 6.55 Å². The lowest BCUT2D eigenvalue weighted by Crippen LogP contribution is -2.38. The lowest BCUT2D eigenvalue weighted by atomic mass is 10.0. The van der Waals surface area contributed by atoms with Crippen molar-refractivity contribution in [1.29, 1.82) is 0 Å². The molecule has 1 unspecified atom stereocenters. The molecule has 0 bridgehead atoms. The Labute approximate surface area is 137 Å². The standard InChI is InChI=1S/C16H18F2N6/c17-16(18)24-7-4-13(23-24)12-9-21-15-11(3-6-20-15)14(12)22-10-2-1-5-19-8-10/h3-4,6-7,9-10,16,19H,1-2,5,8H2,(H2,20,21,22). The number of rotatable bonds is 4. The maximum atomic E-state index is 12.8. The molecule has 0 amide bonds. The predicted molar refractivity (Wildman–Crippen MR) is 88.1 cm³/mol. The highest BCUT2D eigenvalue weighted by Crippen LogP contribution is 2.33. The normalized spacial score (nSPS) is 18.4. The van der Waals surface area contributed by atoms with Crippen LogP contribution in [0.1, 0.15) is 19.4 Å². The maximum absolute atomic E-state index is 12.8. The van der Waals surface area contributed by atoms with Gasteiger partial charge in [0.1, 0.15) is 5.65 Å². The molecule has 4 heterocycles. The van der Waals surface area contributed by atoms with Crippen LogP contribution in [0, 0.1) is 0 Å². The minimum atomic E-state index is -2.65. The summed E-state index contributed by atoms with van der Waals surface area (Å²) in [6, 6.07) is 3.82. The largest absolute Gasteiger partial charge is 0.380 e. The molecule has 0 saturated carbocycles. The van der Waals surface area contributed by atoms with Crippen molar-refractivity contribution in [2.24, 2.45) is 0 Å². The Bertz CT molecular complexity index is 834. The summed E-state index contributed by atoms with van der Waals surface area (Å²) in [6.07, 6.45) is 6.95. The van der Waals surface area contributed by atoms with Gasteiger partial charge in [-0.05, 0) is 31.5 Å². The number of aromatic amines is 1. The Kier molecular flexibility index (Phi) is 3.89. The molecule has 3 N–H and O–H groups in total. The van der Waals surface area contributed by atoms with Crippen molar-refractivity contribution in [3.8, 4) is 11.3 Å². The highest BCUT2D eigenvalue weighted by atomic mass is 19.3. The number of halogens is 2. The van der Waals surface area contributed by atoms with Crippen LogP contribution in [0.25, 0.3) is 22.3 Å². The van der Waals surface area contributed by atoms with E-state index in [2.05, 4.69) is 25.7 Å². The Morgan fingerprint density at radius 1 is 1.33 bits per heavy atom. The summed E-state index contributed by atoms with van der Waals surface area (Å²) in [5.41, 5.74) is 2.86. The number of anilines is 1. The quantitative estimate of drug-likeness (QED) is 0.687. The lowest BCUT2D eigenvalue weighted by Gasteiger charge is -2.26. The van der Waals surface area contributed by atoms with Crippen LogP contribution in [0.15, 0.2) is 30.7 Å². The van der Waals surface area contributed by atoms with Crippen LogP contribution in [0.3, 0.4) is 0 Å². The van der Waals surface area contributed by atoms with Crippen molar-refractivity contribution in [2.45, 2.75) is 25.4 Å². The Morgan fingerprint density at radius 3 is 3.00 bits per heavy atom. The average molecular weight is 332 g/mol. The van der Waals surface area contributed by atoms with Gasteiger partial charge in [0, 0.05) is 42.1 Å². The zero-order valence-corrected chi connectivity index (χ0v) is 13.0. The number of hydrogen-bond donors (Lipinski definition) is 3. The first-order chi connectivity index (χ1) is 11.7. The van der Waals surface area contributed by atoms with Crippen molar-refractivity contribution in [3.05, 3.63) is 30.7 Å². The fourth-order valence-corrected chi connectivity index (χ4v) is 3.13. The summed E-state index contributed by atoms with van der Waals surface area (Å²) < 4.78 is 26.3. The van der Waals surface area contributed by atoms with Crippen molar-refractivity contribution in [1.82, 2.24) is 25.1 Å². The lowest BCUT2D eigenvalue weighted by molar-refractivity contribution is 0.0568. The summed E-state index contributed by atoms with van der Waals surface area (Å²) in [4.78, 5) is 7.46. The first-order valence-corrected chi connectivity index (χ1v) is 7.99. The summed E-state index contributed by atoms with van der Waals surface area (Å²) in [5, 5.41) is 11.8. The van der Waals surface area contributed by atoms with Crippen molar-refractivity contribution in [3.63, 3.8) is 0 Å². The van der Waals surface area contributed by atoms with Crippen molar-refractivity contribution < 1.29 is 8.78 Å². The third-order valence-electron chi connectivity index (χ3n) is 4.32. The Hall–Kier alpha value is -2.48. The third kappa shape index (κ3) is 2.73. The molecule has 0 aromatic carbocycles. The van der Waals surface area contributed by atoms with E-state index in [-0.39, 0.29) is 6.04 Å². The average Bonchev–Trinajstić information content (AvgIpc) is 3.25. The molecule has 1 aliphatic heterocycles. The number of nitrogens with one attached hydrogen (secondary N) is 3. The molecule has 0 aliphatic carbocycles. The molecule has 6 nitrogen and oxygen atoms in total. The predicted octanol–water partition coefficient (Wildman–Crippen LogP) is 2.99. The van der Waals surface area contributed by atoms with Crippen LogP contribution < -0.4 is 10.6 Å². The van der Waals surface area contributed by atoms with Gasteiger partial charge in [0.05, 0.1) is 11.4 Å². The van der Waals surface area contributed by atoms with E-state index in [0.717, 1.165) is 48.2 Å². The summed E-state index contributed by atoms with van der Waals surface area (Å²) in [5.74, 6) is 0. The maximum Gasteiger partial charge on any atom is 0.333 e. The van der Waals surface area contributed by atoms with Gasteiger partial charge in [-0.25, -0.2) is 9.67 Å². The van der Waals surface area contributed by atoms with Gasteiger partial charge in [0.2, 0.25) is 0 Å². The zero-order chi connectivity index (χ0) is 16.5. The summed E-state index contributed by atoms with van der Waals surface area (Å²) in [7, 11) is 0. The third-order valence-corrected chi connectivity index (χ3v) is 4.32. The van der Waals surface area contributed by atoms with Crippen LogP contribution in [0.4, 0.5) is 14.5 Å². The SMILES string of the molecule is FC(F)n1ccc(-c2cnc3[nH]ccc3c2NC2CCCNC2)n1. The molecule has 3 aromatic heterocycles. The van der Waals surface area contributed by atoms with Crippen LogP contribution in [-0.2, 0) is 0 Å². The summed E-state index contributed by atoms with van der Waals surface area (Å²) >= 11 is 0. The van der Waals surface area contributed by atoms with Gasteiger partial charge in [-0.15, -0.1) is 0 Å². The van der Waals surface area contributed by atoms with Gasteiger partial charge in [-0.3, -0.25) is 0 Å². The van der Waals surface area contributed by atoms with Gasteiger partial charge in [-0.2, -0.15) is 13.9 Å². The molecule has 24 heavy (non-hydrogen) atoms. The minimum absolute atomic E-state index is 0.287. The zero-order valence-electron chi connectivity index (χ0n) is 13.0. The van der Waals surface area contributed by atoms with Crippen molar-refractivity contribution in [2.75, 3.05) is 18.4 Å². The molecule has 0 spiro atoms. The number of piperidine rings is 1. The second-order valence-corrected chi connectivity index (χ2v) is 5.93.